The Hall–Kier alpha value is -1.54. The Kier molecular flexibility index (Phi) is 5.24. The highest BCUT2D eigenvalue weighted by molar-refractivity contribution is 8.00. The Morgan fingerprint density at radius 3 is 2.76 bits per heavy atom. The Morgan fingerprint density at radius 2 is 2.10 bits per heavy atom. The molecule has 2 rings (SSSR count). The summed E-state index contributed by atoms with van der Waals surface area (Å²) in [5.74, 6) is -1.80. The van der Waals surface area contributed by atoms with Gasteiger partial charge >= 0.3 is 11.9 Å². The molecule has 0 unspecified atom stereocenters. The number of carbonyl (C=O) groups is 3. The standard InChI is InChI=1S/C13H15NO5S2/c1-19-13(18)11-7-3-2-4-8(7)21-12(11)14-9(15)5-20-6-10(16)17/h2-6H2,1H3,(H,14,15)(H,16,17). The molecule has 1 amide bonds. The van der Waals surface area contributed by atoms with Gasteiger partial charge in [-0.1, -0.05) is 0 Å². The first-order chi connectivity index (χ1) is 10.0. The molecule has 0 bridgehead atoms. The van der Waals surface area contributed by atoms with E-state index in [9.17, 15) is 14.4 Å². The fourth-order valence-electron chi connectivity index (χ4n) is 2.20. The molecule has 1 aliphatic carbocycles. The van der Waals surface area contributed by atoms with Crippen molar-refractivity contribution in [3.05, 3.63) is 16.0 Å². The molecule has 0 aromatic carbocycles. The molecule has 8 heteroatoms. The minimum Gasteiger partial charge on any atom is -0.481 e. The topological polar surface area (TPSA) is 92.7 Å². The zero-order valence-electron chi connectivity index (χ0n) is 11.4. The van der Waals surface area contributed by atoms with Gasteiger partial charge in [-0.25, -0.2) is 4.79 Å². The van der Waals surface area contributed by atoms with Crippen LogP contribution in [0, 0.1) is 0 Å². The van der Waals surface area contributed by atoms with Crippen LogP contribution in [-0.2, 0) is 27.2 Å². The summed E-state index contributed by atoms with van der Waals surface area (Å²) in [7, 11) is 1.32. The Bertz CT molecular complexity index is 581. The van der Waals surface area contributed by atoms with Gasteiger partial charge in [-0.15, -0.1) is 23.1 Å². The minimum atomic E-state index is -0.960. The predicted molar refractivity (Wildman–Crippen MR) is 81.3 cm³/mol. The van der Waals surface area contributed by atoms with Gasteiger partial charge in [0.1, 0.15) is 5.00 Å². The van der Waals surface area contributed by atoms with Crippen LogP contribution in [0.4, 0.5) is 5.00 Å². The average molecular weight is 329 g/mol. The fraction of sp³-hybridized carbons (Fsp3) is 0.462. The van der Waals surface area contributed by atoms with E-state index >= 15 is 0 Å². The van der Waals surface area contributed by atoms with E-state index in [1.54, 1.807) is 0 Å². The van der Waals surface area contributed by atoms with Crippen LogP contribution in [0.1, 0.15) is 27.2 Å². The number of hydrogen-bond acceptors (Lipinski definition) is 6. The summed E-state index contributed by atoms with van der Waals surface area (Å²) in [6, 6.07) is 0. The third kappa shape index (κ3) is 3.76. The van der Waals surface area contributed by atoms with E-state index in [2.05, 4.69) is 5.32 Å². The fourth-order valence-corrected chi connectivity index (χ4v) is 4.03. The monoisotopic (exact) mass is 329 g/mol. The number of amides is 1. The van der Waals surface area contributed by atoms with Crippen molar-refractivity contribution >= 4 is 45.9 Å². The maximum absolute atomic E-state index is 11.9. The smallest absolute Gasteiger partial charge is 0.341 e. The van der Waals surface area contributed by atoms with E-state index in [4.69, 9.17) is 9.84 Å². The first kappa shape index (κ1) is 15.8. The molecule has 0 atom stereocenters. The molecule has 0 radical (unpaired) electrons. The maximum atomic E-state index is 11.9. The number of thioether (sulfide) groups is 1. The number of thiophene rings is 1. The van der Waals surface area contributed by atoms with Crippen molar-refractivity contribution in [1.29, 1.82) is 0 Å². The number of aryl methyl sites for hydroxylation is 1. The highest BCUT2D eigenvalue weighted by Gasteiger charge is 2.27. The quantitative estimate of drug-likeness (QED) is 0.773. The predicted octanol–water partition coefficient (Wildman–Crippen LogP) is 1.78. The molecular formula is C13H15NO5S2. The number of esters is 1. The number of fused-ring (bicyclic) bond motifs is 1. The van der Waals surface area contributed by atoms with E-state index in [0.29, 0.717) is 10.6 Å². The molecule has 0 saturated carbocycles. The molecule has 0 fully saturated rings. The zero-order chi connectivity index (χ0) is 15.4. The van der Waals surface area contributed by atoms with Crippen LogP contribution in [0.15, 0.2) is 0 Å². The van der Waals surface area contributed by atoms with Crippen LogP contribution in [-0.4, -0.2) is 41.6 Å². The van der Waals surface area contributed by atoms with Crippen LogP contribution in [0.2, 0.25) is 0 Å². The number of carboxylic acids is 1. The second kappa shape index (κ2) is 6.95. The minimum absolute atomic E-state index is 0.0372. The SMILES string of the molecule is COC(=O)c1c(NC(=O)CSCC(=O)O)sc2c1CCC2. The number of carboxylic acid groups (broad SMARTS) is 1. The molecule has 2 N–H and O–H groups in total. The molecule has 1 aromatic heterocycles. The van der Waals surface area contributed by atoms with Gasteiger partial charge in [0.25, 0.3) is 0 Å². The summed E-state index contributed by atoms with van der Waals surface area (Å²) in [5, 5.41) is 11.7. The van der Waals surface area contributed by atoms with E-state index in [1.165, 1.54) is 18.4 Å². The van der Waals surface area contributed by atoms with Crippen LogP contribution in [0.25, 0.3) is 0 Å². The normalized spacial score (nSPS) is 12.8. The number of carbonyl (C=O) groups excluding carboxylic acids is 2. The second-order valence-corrected chi connectivity index (χ2v) is 6.58. The summed E-state index contributed by atoms with van der Waals surface area (Å²) < 4.78 is 4.79. The molecule has 0 spiro atoms. The zero-order valence-corrected chi connectivity index (χ0v) is 13.1. The molecule has 1 aromatic rings. The van der Waals surface area contributed by atoms with Gasteiger partial charge in [-0.2, -0.15) is 0 Å². The first-order valence-corrected chi connectivity index (χ1v) is 8.32. The van der Waals surface area contributed by atoms with E-state index < -0.39 is 11.9 Å². The lowest BCUT2D eigenvalue weighted by atomic mass is 10.1. The lowest BCUT2D eigenvalue weighted by molar-refractivity contribution is -0.133. The number of ether oxygens (including phenoxy) is 1. The molecule has 6 nitrogen and oxygen atoms in total. The number of hydrogen-bond donors (Lipinski definition) is 2. The van der Waals surface area contributed by atoms with Crippen molar-refractivity contribution in [1.82, 2.24) is 0 Å². The van der Waals surface area contributed by atoms with Gasteiger partial charge in [-0.05, 0) is 24.8 Å². The van der Waals surface area contributed by atoms with E-state index in [1.807, 2.05) is 0 Å². The van der Waals surface area contributed by atoms with Crippen molar-refractivity contribution in [3.63, 3.8) is 0 Å². The number of anilines is 1. The van der Waals surface area contributed by atoms with Crippen molar-refractivity contribution in [3.8, 4) is 0 Å². The summed E-state index contributed by atoms with van der Waals surface area (Å²) in [6.45, 7) is 0. The number of methoxy groups -OCH3 is 1. The summed E-state index contributed by atoms with van der Waals surface area (Å²) in [5.41, 5.74) is 1.42. The van der Waals surface area contributed by atoms with Crippen molar-refractivity contribution in [2.75, 3.05) is 23.9 Å². The van der Waals surface area contributed by atoms with Gasteiger partial charge in [-0.3, -0.25) is 9.59 Å². The second-order valence-electron chi connectivity index (χ2n) is 4.49. The molecule has 1 heterocycles. The Labute approximate surface area is 129 Å². The number of rotatable bonds is 6. The Morgan fingerprint density at radius 1 is 1.33 bits per heavy atom. The van der Waals surface area contributed by atoms with Crippen molar-refractivity contribution in [2.24, 2.45) is 0 Å². The highest BCUT2D eigenvalue weighted by Crippen LogP contribution is 2.39. The van der Waals surface area contributed by atoms with Crippen LogP contribution in [0.5, 0.6) is 0 Å². The molecule has 0 aliphatic heterocycles. The van der Waals surface area contributed by atoms with E-state index in [-0.39, 0.29) is 17.4 Å². The van der Waals surface area contributed by atoms with E-state index in [0.717, 1.165) is 41.5 Å². The molecule has 114 valence electrons. The first-order valence-electron chi connectivity index (χ1n) is 6.35. The van der Waals surface area contributed by atoms with Gasteiger partial charge in [0.2, 0.25) is 5.91 Å². The van der Waals surface area contributed by atoms with Crippen molar-refractivity contribution < 1.29 is 24.2 Å². The Balaban J connectivity index is 2.08. The van der Waals surface area contributed by atoms with Gasteiger partial charge < -0.3 is 15.2 Å². The lowest BCUT2D eigenvalue weighted by Crippen LogP contribution is -2.17. The maximum Gasteiger partial charge on any atom is 0.341 e. The third-order valence-electron chi connectivity index (χ3n) is 3.02. The van der Waals surface area contributed by atoms with Gasteiger partial charge in [0.15, 0.2) is 0 Å². The van der Waals surface area contributed by atoms with Crippen LogP contribution >= 0.6 is 23.1 Å². The summed E-state index contributed by atoms with van der Waals surface area (Å²) in [4.78, 5) is 35.2. The third-order valence-corrected chi connectivity index (χ3v) is 5.15. The molecule has 21 heavy (non-hydrogen) atoms. The van der Waals surface area contributed by atoms with Crippen LogP contribution in [0.3, 0.4) is 0 Å². The van der Waals surface area contributed by atoms with Gasteiger partial charge in [0, 0.05) is 4.88 Å². The largest absolute Gasteiger partial charge is 0.481 e. The van der Waals surface area contributed by atoms with Gasteiger partial charge in [0.05, 0.1) is 24.2 Å². The van der Waals surface area contributed by atoms with Crippen molar-refractivity contribution in [2.45, 2.75) is 19.3 Å². The highest BCUT2D eigenvalue weighted by atomic mass is 32.2. The molecule has 1 aliphatic rings. The molecule has 0 saturated heterocycles. The lowest BCUT2D eigenvalue weighted by Gasteiger charge is -2.06. The summed E-state index contributed by atoms with van der Waals surface area (Å²) >= 11 is 2.42. The number of nitrogens with one attached hydrogen (secondary N) is 1. The van der Waals surface area contributed by atoms with Crippen LogP contribution < -0.4 is 5.32 Å². The number of aliphatic carboxylic acids is 1. The molecular weight excluding hydrogens is 314 g/mol. The summed E-state index contributed by atoms with van der Waals surface area (Å²) in [6.07, 6.45) is 2.74. The average Bonchev–Trinajstić information content (AvgIpc) is 2.97.